The van der Waals surface area contributed by atoms with Crippen molar-refractivity contribution < 1.29 is 10.0 Å². The van der Waals surface area contributed by atoms with Crippen LogP contribution in [0.2, 0.25) is 10.0 Å². The summed E-state index contributed by atoms with van der Waals surface area (Å²) in [6.45, 7) is 0.406. The Bertz CT molecular complexity index is 480. The van der Waals surface area contributed by atoms with Gasteiger partial charge in [0.15, 0.2) is 0 Å². The topological polar surface area (TPSA) is 99.7 Å². The van der Waals surface area contributed by atoms with Gasteiger partial charge < -0.3 is 21.6 Å². The van der Waals surface area contributed by atoms with Crippen LogP contribution in [0.3, 0.4) is 0 Å². The molecule has 0 radical (unpaired) electrons. The number of amides is 2. The number of nitrogens with two attached hydrogens (primary N) is 1. The number of amidine groups is 1. The number of halogens is 2. The van der Waals surface area contributed by atoms with Gasteiger partial charge in [0, 0.05) is 18.7 Å². The van der Waals surface area contributed by atoms with Crippen LogP contribution in [-0.2, 0) is 0 Å². The maximum atomic E-state index is 11.5. The fraction of sp³-hybridized carbons (Fsp3) is 0.273. The van der Waals surface area contributed by atoms with Crippen LogP contribution in [0.4, 0.5) is 10.5 Å². The molecule has 1 rings (SSSR count). The highest BCUT2D eigenvalue weighted by atomic mass is 35.5. The molecule has 0 aromatic heterocycles. The zero-order valence-corrected chi connectivity index (χ0v) is 11.5. The minimum absolute atomic E-state index is 0.131. The number of nitrogens with zero attached hydrogens (tertiary/aromatic N) is 1. The van der Waals surface area contributed by atoms with Gasteiger partial charge in [0.2, 0.25) is 0 Å². The van der Waals surface area contributed by atoms with Gasteiger partial charge in [-0.1, -0.05) is 28.4 Å². The molecule has 2 amide bonds. The Morgan fingerprint density at radius 1 is 1.37 bits per heavy atom. The van der Waals surface area contributed by atoms with Crippen LogP contribution in [0, 0.1) is 0 Å². The van der Waals surface area contributed by atoms with Crippen molar-refractivity contribution in [2.24, 2.45) is 10.9 Å². The van der Waals surface area contributed by atoms with E-state index in [0.717, 1.165) is 0 Å². The van der Waals surface area contributed by atoms with Crippen molar-refractivity contribution in [2.75, 3.05) is 11.9 Å². The molecule has 0 aliphatic heterocycles. The summed E-state index contributed by atoms with van der Waals surface area (Å²) in [5.74, 6) is 0.131. The second-order valence-electron chi connectivity index (χ2n) is 3.70. The Hall–Kier alpha value is -1.66. The Labute approximate surface area is 120 Å². The molecule has 0 bridgehead atoms. The zero-order valence-electron chi connectivity index (χ0n) is 9.99. The van der Waals surface area contributed by atoms with Crippen molar-refractivity contribution >= 4 is 40.8 Å². The van der Waals surface area contributed by atoms with E-state index in [9.17, 15) is 4.79 Å². The summed E-state index contributed by atoms with van der Waals surface area (Å²) >= 11 is 11.6. The predicted octanol–water partition coefficient (Wildman–Crippen LogP) is 2.64. The number of carbonyl (C=O) groups excluding carboxylic acids is 1. The predicted molar refractivity (Wildman–Crippen MR) is 76.1 cm³/mol. The van der Waals surface area contributed by atoms with E-state index in [1.54, 1.807) is 18.2 Å². The second-order valence-corrected chi connectivity index (χ2v) is 4.52. The van der Waals surface area contributed by atoms with Gasteiger partial charge in [-0.2, -0.15) is 0 Å². The summed E-state index contributed by atoms with van der Waals surface area (Å²) < 4.78 is 0. The van der Waals surface area contributed by atoms with Crippen molar-refractivity contribution in [1.29, 1.82) is 0 Å². The summed E-state index contributed by atoms with van der Waals surface area (Å²) in [7, 11) is 0. The van der Waals surface area contributed by atoms with Gasteiger partial charge in [-0.3, -0.25) is 0 Å². The summed E-state index contributed by atoms with van der Waals surface area (Å²) in [4.78, 5) is 11.5. The summed E-state index contributed by atoms with van der Waals surface area (Å²) in [5, 5.41) is 17.2. The molecule has 5 N–H and O–H groups in total. The SMILES string of the molecule is N/C(CCCNC(=O)Nc1ccc(Cl)c(Cl)c1)=N/O. The molecule has 0 aliphatic carbocycles. The van der Waals surface area contributed by atoms with Crippen LogP contribution in [-0.4, -0.2) is 23.6 Å². The number of nitrogens with one attached hydrogen (secondary N) is 2. The molecule has 0 fully saturated rings. The number of rotatable bonds is 5. The first-order valence-corrected chi connectivity index (χ1v) is 6.25. The quantitative estimate of drug-likeness (QED) is 0.221. The molecule has 1 aromatic rings. The van der Waals surface area contributed by atoms with E-state index in [1.807, 2.05) is 0 Å². The average Bonchev–Trinajstić information content (AvgIpc) is 2.38. The third kappa shape index (κ3) is 5.67. The number of hydrogen-bond donors (Lipinski definition) is 4. The molecule has 0 heterocycles. The molecule has 0 saturated carbocycles. The Morgan fingerprint density at radius 3 is 2.74 bits per heavy atom. The highest BCUT2D eigenvalue weighted by Gasteiger charge is 2.04. The Kier molecular flexibility index (Phi) is 6.24. The number of anilines is 1. The van der Waals surface area contributed by atoms with E-state index in [0.29, 0.717) is 35.1 Å². The molecule has 0 spiro atoms. The maximum Gasteiger partial charge on any atom is 0.319 e. The highest BCUT2D eigenvalue weighted by Crippen LogP contribution is 2.24. The lowest BCUT2D eigenvalue weighted by Crippen LogP contribution is -2.30. The lowest BCUT2D eigenvalue weighted by molar-refractivity contribution is 0.252. The fourth-order valence-electron chi connectivity index (χ4n) is 1.27. The first kappa shape index (κ1) is 15.4. The first-order valence-electron chi connectivity index (χ1n) is 5.49. The van der Waals surface area contributed by atoms with Crippen molar-refractivity contribution in [3.63, 3.8) is 0 Å². The maximum absolute atomic E-state index is 11.5. The molecule has 6 nitrogen and oxygen atoms in total. The van der Waals surface area contributed by atoms with Gasteiger partial charge in [0.25, 0.3) is 0 Å². The third-order valence-electron chi connectivity index (χ3n) is 2.20. The lowest BCUT2D eigenvalue weighted by Gasteiger charge is -2.08. The molecular weight excluding hydrogens is 291 g/mol. The standard InChI is InChI=1S/C11H14Cl2N4O2/c12-8-4-3-7(6-9(8)13)16-11(18)15-5-1-2-10(14)17-19/h3-4,6,19H,1-2,5H2,(H2,14,17)(H2,15,16,18). The van der Waals surface area contributed by atoms with Crippen LogP contribution in [0.25, 0.3) is 0 Å². The molecule has 1 aromatic carbocycles. The van der Waals surface area contributed by atoms with Crippen LogP contribution < -0.4 is 16.4 Å². The number of urea groups is 1. The van der Waals surface area contributed by atoms with Crippen LogP contribution in [0.15, 0.2) is 23.4 Å². The number of oxime groups is 1. The van der Waals surface area contributed by atoms with E-state index in [1.165, 1.54) is 0 Å². The van der Waals surface area contributed by atoms with E-state index >= 15 is 0 Å². The monoisotopic (exact) mass is 304 g/mol. The smallest absolute Gasteiger partial charge is 0.319 e. The van der Waals surface area contributed by atoms with Gasteiger partial charge in [-0.25, -0.2) is 4.79 Å². The molecule has 0 unspecified atom stereocenters. The van der Waals surface area contributed by atoms with Crippen molar-refractivity contribution in [3.8, 4) is 0 Å². The number of carbonyl (C=O) groups is 1. The molecule has 104 valence electrons. The molecule has 19 heavy (non-hydrogen) atoms. The molecule has 0 saturated heterocycles. The normalized spacial score (nSPS) is 11.2. The van der Waals surface area contributed by atoms with Gasteiger partial charge in [0.1, 0.15) is 5.84 Å². The van der Waals surface area contributed by atoms with Gasteiger partial charge >= 0.3 is 6.03 Å². The fourth-order valence-corrected chi connectivity index (χ4v) is 1.57. The van der Waals surface area contributed by atoms with Crippen molar-refractivity contribution in [1.82, 2.24) is 5.32 Å². The van der Waals surface area contributed by atoms with Crippen molar-refractivity contribution in [3.05, 3.63) is 28.2 Å². The lowest BCUT2D eigenvalue weighted by atomic mass is 10.3. The summed E-state index contributed by atoms with van der Waals surface area (Å²) in [6, 6.07) is 4.43. The first-order chi connectivity index (χ1) is 9.02. The van der Waals surface area contributed by atoms with Crippen LogP contribution >= 0.6 is 23.2 Å². The van der Waals surface area contributed by atoms with E-state index in [2.05, 4.69) is 15.8 Å². The number of benzene rings is 1. The summed E-state index contributed by atoms with van der Waals surface area (Å²) in [5.41, 5.74) is 5.83. The number of hydrogen-bond acceptors (Lipinski definition) is 3. The van der Waals surface area contributed by atoms with Gasteiger partial charge in [-0.15, -0.1) is 0 Å². The van der Waals surface area contributed by atoms with Gasteiger partial charge in [-0.05, 0) is 24.6 Å². The van der Waals surface area contributed by atoms with Gasteiger partial charge in [0.05, 0.1) is 10.0 Å². The largest absolute Gasteiger partial charge is 0.409 e. The summed E-state index contributed by atoms with van der Waals surface area (Å²) in [6.07, 6.45) is 0.980. The minimum Gasteiger partial charge on any atom is -0.409 e. The van der Waals surface area contributed by atoms with E-state index in [4.69, 9.17) is 34.1 Å². The van der Waals surface area contributed by atoms with Crippen LogP contribution in [0.1, 0.15) is 12.8 Å². The van der Waals surface area contributed by atoms with Crippen LogP contribution in [0.5, 0.6) is 0 Å². The zero-order chi connectivity index (χ0) is 14.3. The Balaban J connectivity index is 2.33. The molecule has 0 atom stereocenters. The van der Waals surface area contributed by atoms with E-state index in [-0.39, 0.29) is 11.9 Å². The van der Waals surface area contributed by atoms with E-state index < -0.39 is 0 Å². The molecular formula is C11H14Cl2N4O2. The molecule has 0 aliphatic rings. The highest BCUT2D eigenvalue weighted by molar-refractivity contribution is 6.42. The van der Waals surface area contributed by atoms with Crippen molar-refractivity contribution in [2.45, 2.75) is 12.8 Å². The average molecular weight is 305 g/mol. The second kappa shape index (κ2) is 7.70. The third-order valence-corrected chi connectivity index (χ3v) is 2.94. The minimum atomic E-state index is -0.363. The Morgan fingerprint density at radius 2 is 2.11 bits per heavy atom. The molecule has 8 heteroatoms.